The molecule has 53 heavy (non-hydrogen) atoms. The molecule has 2 amide bonds. The number of hydrogen-bond donors (Lipinski definition) is 2. The van der Waals surface area contributed by atoms with Gasteiger partial charge in [0.2, 0.25) is 11.8 Å². The van der Waals surface area contributed by atoms with Gasteiger partial charge in [-0.3, -0.25) is 24.0 Å². The molecule has 4 rings (SSSR count). The van der Waals surface area contributed by atoms with Crippen LogP contribution in [0.5, 0.6) is 0 Å². The maximum atomic E-state index is 14.2. The zero-order valence-electron chi connectivity index (χ0n) is 32.7. The number of carbonyl (C=O) groups is 5. The van der Waals surface area contributed by atoms with Gasteiger partial charge in [0.1, 0.15) is 11.4 Å². The molecule has 0 unspecified atom stereocenters. The number of likely N-dealkylation sites (tertiary alicyclic amines) is 1. The number of amides is 2. The van der Waals surface area contributed by atoms with E-state index in [-0.39, 0.29) is 53.8 Å². The van der Waals surface area contributed by atoms with E-state index >= 15 is 0 Å². The van der Waals surface area contributed by atoms with Crippen LogP contribution in [-0.2, 0) is 41.6 Å². The molecule has 2 aromatic carbocycles. The number of carbonyl (C=O) groups excluding carboxylic acids is 5. The number of Topliss-reactive ketones (excluding diaryl/α,β-unsaturated/α-hetero) is 3. The highest BCUT2D eigenvalue weighted by atomic mass is 16.6. The predicted octanol–water partition coefficient (Wildman–Crippen LogP) is 6.31. The SMILES string of the molecule is CC(C)C[C@H](NC(=O)[C@H](CCc1ccccc1)CC(=O)CCN1CCCCC1)C(=O)C[C@@H](Cc1ccccc1)C(=O)N[C@@H](CC(C)C)C(=O)[C@@]1(C)CO1. The number of ketones is 3. The second kappa shape index (κ2) is 20.7. The van der Waals surface area contributed by atoms with Crippen LogP contribution < -0.4 is 10.6 Å². The molecule has 5 atom stereocenters. The standard InChI is InChI=1S/C44H63N3O6/c1-31(2)25-38(45-42(51)35(20-19-33-15-9-6-10-16-33)28-37(48)21-24-47-22-13-8-14-23-47)40(49)29-36(27-34-17-11-7-12-18-34)43(52)46-39(26-32(3)4)41(50)44(5)30-53-44/h6-7,9-12,15-18,31-32,35-36,38-39H,8,13-14,19-30H2,1-5H3,(H,45,51)(H,46,52)/t35-,36-,38+,39+,44-/m1/s1. The molecule has 0 aliphatic carbocycles. The zero-order valence-corrected chi connectivity index (χ0v) is 32.7. The Morgan fingerprint density at radius 2 is 1.28 bits per heavy atom. The lowest BCUT2D eigenvalue weighted by atomic mass is 9.87. The highest BCUT2D eigenvalue weighted by Crippen LogP contribution is 2.30. The summed E-state index contributed by atoms with van der Waals surface area (Å²) in [7, 11) is 0. The van der Waals surface area contributed by atoms with Crippen molar-refractivity contribution in [1.29, 1.82) is 0 Å². The summed E-state index contributed by atoms with van der Waals surface area (Å²) in [5, 5.41) is 6.06. The van der Waals surface area contributed by atoms with Crippen LogP contribution >= 0.6 is 0 Å². The molecule has 2 aliphatic heterocycles. The van der Waals surface area contributed by atoms with Crippen molar-refractivity contribution in [3.63, 3.8) is 0 Å². The Morgan fingerprint density at radius 3 is 1.87 bits per heavy atom. The Balaban J connectivity index is 1.50. The van der Waals surface area contributed by atoms with Crippen molar-refractivity contribution in [2.24, 2.45) is 23.7 Å². The number of aryl methyl sites for hydroxylation is 1. The molecular weight excluding hydrogens is 666 g/mol. The van der Waals surface area contributed by atoms with E-state index in [0.29, 0.717) is 51.7 Å². The van der Waals surface area contributed by atoms with E-state index in [2.05, 4.69) is 15.5 Å². The molecule has 0 bridgehead atoms. The van der Waals surface area contributed by atoms with E-state index in [1.165, 1.54) is 6.42 Å². The van der Waals surface area contributed by atoms with Gasteiger partial charge < -0.3 is 20.3 Å². The number of nitrogens with one attached hydrogen (secondary N) is 2. The van der Waals surface area contributed by atoms with Gasteiger partial charge in [0.25, 0.3) is 0 Å². The summed E-state index contributed by atoms with van der Waals surface area (Å²) >= 11 is 0. The average Bonchev–Trinajstić information content (AvgIpc) is 3.90. The summed E-state index contributed by atoms with van der Waals surface area (Å²) in [5.41, 5.74) is 1.10. The summed E-state index contributed by atoms with van der Waals surface area (Å²) < 4.78 is 5.44. The van der Waals surface area contributed by atoms with Crippen molar-refractivity contribution in [2.75, 3.05) is 26.2 Å². The van der Waals surface area contributed by atoms with Crippen molar-refractivity contribution in [2.45, 2.75) is 123 Å². The Morgan fingerprint density at radius 1 is 0.736 bits per heavy atom. The Kier molecular flexibility index (Phi) is 16.4. The third-order valence-corrected chi connectivity index (χ3v) is 10.6. The van der Waals surface area contributed by atoms with Gasteiger partial charge in [-0.2, -0.15) is 0 Å². The third-order valence-electron chi connectivity index (χ3n) is 10.6. The van der Waals surface area contributed by atoms with Gasteiger partial charge >= 0.3 is 0 Å². The maximum absolute atomic E-state index is 14.2. The van der Waals surface area contributed by atoms with Gasteiger partial charge in [-0.15, -0.1) is 0 Å². The second-order valence-corrected chi connectivity index (χ2v) is 16.4. The molecule has 0 spiro atoms. The van der Waals surface area contributed by atoms with Gasteiger partial charge in [-0.1, -0.05) is 94.8 Å². The van der Waals surface area contributed by atoms with Crippen molar-refractivity contribution in [1.82, 2.24) is 15.5 Å². The Labute approximate surface area is 317 Å². The monoisotopic (exact) mass is 729 g/mol. The normalized spacial score (nSPS) is 19.6. The predicted molar refractivity (Wildman–Crippen MR) is 208 cm³/mol. The van der Waals surface area contributed by atoms with Crippen molar-refractivity contribution in [3.8, 4) is 0 Å². The number of benzene rings is 2. The van der Waals surface area contributed by atoms with E-state index in [9.17, 15) is 24.0 Å². The minimum absolute atomic E-state index is 0.0612. The molecule has 9 nitrogen and oxygen atoms in total. The molecule has 9 heteroatoms. The maximum Gasteiger partial charge on any atom is 0.224 e. The van der Waals surface area contributed by atoms with E-state index in [4.69, 9.17) is 4.74 Å². The zero-order chi connectivity index (χ0) is 38.4. The third kappa shape index (κ3) is 14.2. The average molecular weight is 730 g/mol. The minimum atomic E-state index is -0.893. The minimum Gasteiger partial charge on any atom is -0.361 e. The molecule has 2 aromatic rings. The Bertz CT molecular complexity index is 1480. The molecule has 2 heterocycles. The van der Waals surface area contributed by atoms with Crippen LogP contribution in [0.2, 0.25) is 0 Å². The largest absolute Gasteiger partial charge is 0.361 e. The van der Waals surface area contributed by atoms with Crippen LogP contribution in [0.3, 0.4) is 0 Å². The van der Waals surface area contributed by atoms with Crippen LogP contribution in [-0.4, -0.2) is 78.0 Å². The molecule has 0 aromatic heterocycles. The first-order valence-electron chi connectivity index (χ1n) is 20.0. The highest BCUT2D eigenvalue weighted by Gasteiger charge is 2.50. The molecular formula is C44H63N3O6. The number of ether oxygens (including phenoxy) is 1. The smallest absolute Gasteiger partial charge is 0.224 e. The molecule has 0 saturated carbocycles. The van der Waals surface area contributed by atoms with Crippen LogP contribution in [0.25, 0.3) is 0 Å². The molecule has 2 N–H and O–H groups in total. The first-order valence-corrected chi connectivity index (χ1v) is 20.0. The molecule has 290 valence electrons. The lowest BCUT2D eigenvalue weighted by molar-refractivity contribution is -0.135. The summed E-state index contributed by atoms with van der Waals surface area (Å²) in [6.07, 6.45) is 6.27. The van der Waals surface area contributed by atoms with Crippen LogP contribution in [0, 0.1) is 23.7 Å². The van der Waals surface area contributed by atoms with Gasteiger partial charge in [-0.25, -0.2) is 0 Å². The summed E-state index contributed by atoms with van der Waals surface area (Å²) in [5.74, 6) is -2.07. The van der Waals surface area contributed by atoms with Gasteiger partial charge in [-0.05, 0) is 87.9 Å². The molecule has 2 aliphatic rings. The second-order valence-electron chi connectivity index (χ2n) is 16.4. The number of piperidine rings is 1. The first kappa shape index (κ1) is 42.1. The fourth-order valence-corrected chi connectivity index (χ4v) is 7.34. The van der Waals surface area contributed by atoms with Crippen molar-refractivity contribution >= 4 is 29.2 Å². The van der Waals surface area contributed by atoms with E-state index in [0.717, 1.165) is 37.1 Å². The van der Waals surface area contributed by atoms with Crippen LogP contribution in [0.1, 0.15) is 104 Å². The molecule has 0 radical (unpaired) electrons. The summed E-state index contributed by atoms with van der Waals surface area (Å²) in [6.45, 7) is 12.8. The fourth-order valence-electron chi connectivity index (χ4n) is 7.34. The lowest BCUT2D eigenvalue weighted by Gasteiger charge is -2.27. The van der Waals surface area contributed by atoms with Crippen molar-refractivity contribution < 1.29 is 28.7 Å². The van der Waals surface area contributed by atoms with Gasteiger partial charge in [0, 0.05) is 37.6 Å². The molecule has 2 fully saturated rings. The van der Waals surface area contributed by atoms with E-state index < -0.39 is 29.5 Å². The van der Waals surface area contributed by atoms with Gasteiger partial charge in [0.15, 0.2) is 11.6 Å². The Hall–Kier alpha value is -3.69. The summed E-state index contributed by atoms with van der Waals surface area (Å²) in [6, 6.07) is 17.9. The van der Waals surface area contributed by atoms with Gasteiger partial charge in [0.05, 0.1) is 18.7 Å². The highest BCUT2D eigenvalue weighted by molar-refractivity contribution is 5.98. The number of epoxide rings is 1. The lowest BCUT2D eigenvalue weighted by Crippen LogP contribution is -2.50. The van der Waals surface area contributed by atoms with Crippen molar-refractivity contribution in [3.05, 3.63) is 71.8 Å². The number of nitrogens with zero attached hydrogens (tertiary/aromatic N) is 1. The van der Waals surface area contributed by atoms with E-state index in [1.54, 1.807) is 6.92 Å². The first-order chi connectivity index (χ1) is 25.3. The number of rotatable bonds is 23. The summed E-state index contributed by atoms with van der Waals surface area (Å²) in [4.78, 5) is 71.4. The topological polar surface area (TPSA) is 125 Å². The van der Waals surface area contributed by atoms with E-state index in [1.807, 2.05) is 88.4 Å². The van der Waals surface area contributed by atoms with Crippen LogP contribution in [0.15, 0.2) is 60.7 Å². The molecule has 2 saturated heterocycles. The van der Waals surface area contributed by atoms with Crippen LogP contribution in [0.4, 0.5) is 0 Å². The quantitative estimate of drug-likeness (QED) is 0.129. The number of hydrogen-bond acceptors (Lipinski definition) is 7. The fraction of sp³-hybridized carbons (Fsp3) is 0.614.